The summed E-state index contributed by atoms with van der Waals surface area (Å²) in [5.74, 6) is 6.68. The molecule has 63 heavy (non-hydrogen) atoms. The first-order valence-corrected chi connectivity index (χ1v) is 23.8. The summed E-state index contributed by atoms with van der Waals surface area (Å²) >= 11 is 0. The van der Waals surface area contributed by atoms with Crippen LogP contribution in [0.4, 0.5) is 4.79 Å². The van der Waals surface area contributed by atoms with Gasteiger partial charge in [-0.1, -0.05) is 184 Å². The van der Waals surface area contributed by atoms with Crippen molar-refractivity contribution in [3.63, 3.8) is 0 Å². The van der Waals surface area contributed by atoms with Gasteiger partial charge in [0.15, 0.2) is 0 Å². The maximum absolute atomic E-state index is 13.4. The highest BCUT2D eigenvalue weighted by molar-refractivity contribution is 6.99. The summed E-state index contributed by atoms with van der Waals surface area (Å²) in [6, 6.07) is 49.5. The maximum Gasteiger partial charge on any atom is 0.408 e. The van der Waals surface area contributed by atoms with Crippen molar-refractivity contribution in [1.29, 1.82) is 0 Å². The van der Waals surface area contributed by atoms with E-state index < -0.39 is 56.5 Å². The van der Waals surface area contributed by atoms with E-state index in [0.29, 0.717) is 32.8 Å². The van der Waals surface area contributed by atoms with Crippen molar-refractivity contribution in [2.75, 3.05) is 13.2 Å². The minimum absolute atomic E-state index is 0.205. The SMILES string of the molecule is CC(C)(C)OC(=O)NC(C#C[C@@H]1O[C@H](COCc2ccccc2)[C@@H](OCc2ccccc2)[C@H](OCc2ccccc2)[C@H]1N)CCO[Si](c1ccccc1)(c1ccccc1)C(C)(C)C. The second-order valence-corrected chi connectivity index (χ2v) is 22.3. The number of alkyl carbamates (subject to hydrolysis) is 1. The number of nitrogens with one attached hydrogen (secondary N) is 1. The lowest BCUT2D eigenvalue weighted by Crippen LogP contribution is -2.66. The van der Waals surface area contributed by atoms with E-state index in [1.165, 1.54) is 10.4 Å². The number of ether oxygens (including phenoxy) is 5. The van der Waals surface area contributed by atoms with Crippen molar-refractivity contribution < 1.29 is 32.9 Å². The van der Waals surface area contributed by atoms with E-state index in [2.05, 4.69) is 86.5 Å². The molecule has 0 spiro atoms. The van der Waals surface area contributed by atoms with Gasteiger partial charge in [0, 0.05) is 13.0 Å². The van der Waals surface area contributed by atoms with Crippen molar-refractivity contribution in [1.82, 2.24) is 5.32 Å². The Bertz CT molecular complexity index is 2130. The number of hydrogen-bond donors (Lipinski definition) is 2. The normalized spacial score (nSPS) is 19.6. The second-order valence-electron chi connectivity index (χ2n) is 18.0. The fraction of sp³-hybridized carbons (Fsp3) is 0.377. The molecule has 9 nitrogen and oxygen atoms in total. The molecule has 1 amide bonds. The van der Waals surface area contributed by atoms with Crippen molar-refractivity contribution in [2.45, 2.75) is 115 Å². The molecule has 1 unspecified atom stereocenters. The molecule has 10 heteroatoms. The lowest BCUT2D eigenvalue weighted by atomic mass is 9.92. The fourth-order valence-electron chi connectivity index (χ4n) is 7.94. The molecule has 6 rings (SSSR count). The topological polar surface area (TPSA) is 111 Å². The first-order chi connectivity index (χ1) is 30.3. The maximum atomic E-state index is 13.4. The van der Waals surface area contributed by atoms with Crippen LogP contribution in [0.2, 0.25) is 5.04 Å². The van der Waals surface area contributed by atoms with Crippen LogP contribution in [0.1, 0.15) is 64.7 Å². The Labute approximate surface area is 375 Å². The van der Waals surface area contributed by atoms with Crippen LogP contribution in [-0.2, 0) is 47.9 Å². The highest BCUT2D eigenvalue weighted by Gasteiger charge is 2.50. The number of benzene rings is 5. The molecule has 1 aliphatic rings. The quantitative estimate of drug-likeness (QED) is 0.0710. The van der Waals surface area contributed by atoms with Crippen molar-refractivity contribution in [3.05, 3.63) is 168 Å². The highest BCUT2D eigenvalue weighted by Crippen LogP contribution is 2.37. The van der Waals surface area contributed by atoms with Crippen molar-refractivity contribution in [2.24, 2.45) is 5.73 Å². The van der Waals surface area contributed by atoms with Gasteiger partial charge >= 0.3 is 6.09 Å². The fourth-order valence-corrected chi connectivity index (χ4v) is 12.5. The number of hydrogen-bond acceptors (Lipinski definition) is 8. The largest absolute Gasteiger partial charge is 0.444 e. The second kappa shape index (κ2) is 22.5. The number of amides is 1. The average Bonchev–Trinajstić information content (AvgIpc) is 3.27. The molecule has 1 aliphatic heterocycles. The van der Waals surface area contributed by atoms with Crippen LogP contribution in [0.3, 0.4) is 0 Å². The Morgan fingerprint density at radius 1 is 0.683 bits per heavy atom. The molecule has 0 radical (unpaired) electrons. The van der Waals surface area contributed by atoms with Crippen LogP contribution in [-0.4, -0.2) is 69.7 Å². The third-order valence-corrected chi connectivity index (χ3v) is 16.0. The molecule has 332 valence electrons. The van der Waals surface area contributed by atoms with Crippen molar-refractivity contribution >= 4 is 24.8 Å². The predicted octanol–water partition coefficient (Wildman–Crippen LogP) is 8.33. The summed E-state index contributed by atoms with van der Waals surface area (Å²) in [5, 5.41) is 5.12. The minimum Gasteiger partial charge on any atom is -0.444 e. The summed E-state index contributed by atoms with van der Waals surface area (Å²) in [5.41, 5.74) is 9.46. The smallest absolute Gasteiger partial charge is 0.408 e. The predicted molar refractivity (Wildman–Crippen MR) is 252 cm³/mol. The van der Waals surface area contributed by atoms with E-state index in [1.807, 2.05) is 124 Å². The Morgan fingerprint density at radius 2 is 1.14 bits per heavy atom. The molecule has 1 saturated heterocycles. The third kappa shape index (κ3) is 13.5. The number of nitrogens with two attached hydrogens (primary N) is 1. The van der Waals surface area contributed by atoms with Crippen LogP contribution < -0.4 is 21.4 Å². The van der Waals surface area contributed by atoms with Crippen LogP contribution >= 0.6 is 0 Å². The van der Waals surface area contributed by atoms with Gasteiger partial charge in [0.25, 0.3) is 8.32 Å². The lowest BCUT2D eigenvalue weighted by molar-refractivity contribution is -0.217. The van der Waals surface area contributed by atoms with E-state index in [-0.39, 0.29) is 11.6 Å². The van der Waals surface area contributed by atoms with Gasteiger partial charge in [0.2, 0.25) is 0 Å². The zero-order valence-electron chi connectivity index (χ0n) is 37.6. The zero-order chi connectivity index (χ0) is 44.7. The molecule has 5 aromatic rings. The minimum atomic E-state index is -2.87. The van der Waals surface area contributed by atoms with E-state index in [0.717, 1.165) is 16.7 Å². The molecule has 1 heterocycles. The average molecular weight is 869 g/mol. The van der Waals surface area contributed by atoms with Gasteiger partial charge in [-0.25, -0.2) is 4.79 Å². The molecule has 0 aromatic heterocycles. The number of carbonyl (C=O) groups excluding carboxylic acids is 1. The van der Waals surface area contributed by atoms with E-state index in [1.54, 1.807) is 0 Å². The van der Waals surface area contributed by atoms with Crippen LogP contribution in [0, 0.1) is 11.8 Å². The number of rotatable bonds is 17. The third-order valence-electron chi connectivity index (χ3n) is 10.9. The standard InChI is InChI=1S/C53H64N2O7Si/c1-52(2,3)62-51(56)55-43(34-35-60-63(53(4,5)6,44-28-18-10-19-29-44)45-30-20-11-21-31-45)32-33-46-48(54)50(59-38-42-26-16-9-17-27-42)49(58-37-41-24-14-8-15-25-41)47(61-46)39-57-36-40-22-12-7-13-23-40/h7-31,43,46-50H,34-39,54H2,1-6H3,(H,55,56)/t43?,46-,47+,48-,49+,50+/m0/s1. The van der Waals surface area contributed by atoms with E-state index in [9.17, 15) is 4.79 Å². The monoisotopic (exact) mass is 868 g/mol. The summed E-state index contributed by atoms with van der Waals surface area (Å²) in [6.45, 7) is 13.8. The first-order valence-electron chi connectivity index (χ1n) is 21.9. The van der Waals surface area contributed by atoms with Gasteiger partial charge in [0.1, 0.15) is 30.0 Å². The molecule has 1 fully saturated rings. The molecule has 0 saturated carbocycles. The Kier molecular flexibility index (Phi) is 16.9. The number of carbonyl (C=O) groups is 1. The van der Waals surface area contributed by atoms with Gasteiger partial charge in [-0.2, -0.15) is 0 Å². The summed E-state index contributed by atoms with van der Waals surface area (Å²) < 4.78 is 39.4. The first kappa shape index (κ1) is 47.4. The Balaban J connectivity index is 1.30. The van der Waals surface area contributed by atoms with Crippen LogP contribution in [0.15, 0.2) is 152 Å². The van der Waals surface area contributed by atoms with Gasteiger partial charge in [-0.15, -0.1) is 0 Å². The van der Waals surface area contributed by atoms with Crippen LogP contribution in [0.5, 0.6) is 0 Å². The highest BCUT2D eigenvalue weighted by atomic mass is 28.4. The molecule has 0 aliphatic carbocycles. The molecule has 0 bridgehead atoms. The van der Waals surface area contributed by atoms with Gasteiger partial charge in [-0.3, -0.25) is 0 Å². The zero-order valence-corrected chi connectivity index (χ0v) is 38.6. The molecule has 5 aromatic carbocycles. The summed E-state index contributed by atoms with van der Waals surface area (Å²) in [6.07, 6.45) is -2.80. The summed E-state index contributed by atoms with van der Waals surface area (Å²) in [4.78, 5) is 13.4. The Morgan fingerprint density at radius 3 is 1.62 bits per heavy atom. The van der Waals surface area contributed by atoms with Gasteiger partial charge in [-0.05, 0) is 52.9 Å². The summed E-state index contributed by atoms with van der Waals surface area (Å²) in [7, 11) is -2.87. The van der Waals surface area contributed by atoms with Gasteiger partial charge in [0.05, 0.1) is 38.5 Å². The Hall–Kier alpha value is -5.09. The van der Waals surface area contributed by atoms with Crippen LogP contribution in [0.25, 0.3) is 0 Å². The molecular weight excluding hydrogens is 805 g/mol. The lowest BCUT2D eigenvalue weighted by Gasteiger charge is -2.44. The van der Waals surface area contributed by atoms with Gasteiger partial charge < -0.3 is 39.2 Å². The van der Waals surface area contributed by atoms with E-state index in [4.69, 9.17) is 33.8 Å². The molecular formula is C53H64N2O7Si. The van der Waals surface area contributed by atoms with E-state index >= 15 is 0 Å². The van der Waals surface area contributed by atoms with Crippen molar-refractivity contribution in [3.8, 4) is 11.8 Å². The molecule has 3 N–H and O–H groups in total. The molecule has 6 atom stereocenters.